The Hall–Kier alpha value is -0.700. The van der Waals surface area contributed by atoms with Crippen molar-refractivity contribution in [2.45, 2.75) is 50.3 Å². The van der Waals surface area contributed by atoms with Crippen molar-refractivity contribution in [1.82, 2.24) is 0 Å². The lowest BCUT2D eigenvalue weighted by atomic mass is 9.84. The van der Waals surface area contributed by atoms with Crippen LogP contribution in [0.3, 0.4) is 0 Å². The van der Waals surface area contributed by atoms with E-state index in [0.717, 1.165) is 11.5 Å². The minimum Gasteiger partial charge on any atom is -0.490 e. The number of benzene rings is 1. The molecule has 0 aromatic heterocycles. The molecule has 0 radical (unpaired) electrons. The molecule has 3 heteroatoms. The van der Waals surface area contributed by atoms with Gasteiger partial charge in [0.1, 0.15) is 0 Å². The van der Waals surface area contributed by atoms with Gasteiger partial charge in [0.15, 0.2) is 11.5 Å². The molecule has 1 aromatic carbocycles. The maximum atomic E-state index is 5.72. The van der Waals surface area contributed by atoms with Gasteiger partial charge in [0.05, 0.1) is 13.2 Å². The fourth-order valence-electron chi connectivity index (χ4n) is 2.76. The molecule has 106 valence electrons. The second-order valence-corrected chi connectivity index (χ2v) is 6.16. The zero-order chi connectivity index (χ0) is 13.7. The molecular weight excluding hydrogens is 304 g/mol. The molecule has 1 aliphatic rings. The third-order valence-corrected chi connectivity index (χ3v) is 4.77. The van der Waals surface area contributed by atoms with E-state index in [1.54, 1.807) is 0 Å². The molecule has 1 aliphatic carbocycles. The molecule has 2 unspecified atom stereocenters. The summed E-state index contributed by atoms with van der Waals surface area (Å²) < 4.78 is 11.3. The molecule has 2 atom stereocenters. The largest absolute Gasteiger partial charge is 0.490 e. The summed E-state index contributed by atoms with van der Waals surface area (Å²) >= 11 is 3.83. The molecule has 2 nitrogen and oxygen atoms in total. The number of ether oxygens (including phenoxy) is 2. The maximum absolute atomic E-state index is 5.72. The monoisotopic (exact) mass is 326 g/mol. The Labute approximate surface area is 124 Å². The Morgan fingerprint density at radius 2 is 1.74 bits per heavy atom. The van der Waals surface area contributed by atoms with E-state index in [0.29, 0.717) is 24.0 Å². The van der Waals surface area contributed by atoms with Gasteiger partial charge in [0.2, 0.25) is 0 Å². The van der Waals surface area contributed by atoms with Crippen molar-refractivity contribution >= 4 is 15.9 Å². The Morgan fingerprint density at radius 1 is 1.05 bits per heavy atom. The predicted octanol–water partition coefficient (Wildman–Crippen LogP) is 4.91. The van der Waals surface area contributed by atoms with Crippen molar-refractivity contribution in [3.05, 3.63) is 23.8 Å². The van der Waals surface area contributed by atoms with Crippen LogP contribution in [0, 0.1) is 0 Å². The average Bonchev–Trinajstić information content (AvgIpc) is 2.42. The number of alkyl halides is 1. The number of rotatable bonds is 5. The Morgan fingerprint density at radius 3 is 2.42 bits per heavy atom. The highest BCUT2D eigenvalue weighted by Gasteiger charge is 2.25. The molecular formula is C16H23BrO2. The van der Waals surface area contributed by atoms with E-state index in [1.807, 2.05) is 13.8 Å². The van der Waals surface area contributed by atoms with Crippen molar-refractivity contribution in [3.63, 3.8) is 0 Å². The summed E-state index contributed by atoms with van der Waals surface area (Å²) in [4.78, 5) is 0.591. The summed E-state index contributed by atoms with van der Waals surface area (Å²) in [6.45, 7) is 5.35. The standard InChI is InChI=1S/C16H23BrO2/c1-3-18-15-10-9-12(11-16(15)19-4-2)13-7-5-6-8-14(13)17/h9-11,13-14H,3-8H2,1-2H3. The number of hydrogen-bond acceptors (Lipinski definition) is 2. The highest BCUT2D eigenvalue weighted by Crippen LogP contribution is 2.40. The molecule has 19 heavy (non-hydrogen) atoms. The van der Waals surface area contributed by atoms with E-state index in [1.165, 1.54) is 31.2 Å². The Bertz CT molecular complexity index is 406. The van der Waals surface area contributed by atoms with E-state index in [9.17, 15) is 0 Å². The molecule has 0 aliphatic heterocycles. The van der Waals surface area contributed by atoms with Crippen molar-refractivity contribution in [2.75, 3.05) is 13.2 Å². The fraction of sp³-hybridized carbons (Fsp3) is 0.625. The molecule has 0 heterocycles. The fourth-order valence-corrected chi connectivity index (χ4v) is 3.65. The van der Waals surface area contributed by atoms with Crippen LogP contribution in [-0.4, -0.2) is 18.0 Å². The van der Waals surface area contributed by atoms with Gasteiger partial charge in [-0.05, 0) is 50.3 Å². The minimum absolute atomic E-state index is 0.591. The molecule has 0 saturated heterocycles. The molecule has 0 bridgehead atoms. The lowest BCUT2D eigenvalue weighted by molar-refractivity contribution is 0.287. The van der Waals surface area contributed by atoms with E-state index in [2.05, 4.69) is 34.1 Å². The van der Waals surface area contributed by atoms with Crippen molar-refractivity contribution in [2.24, 2.45) is 0 Å². The van der Waals surface area contributed by atoms with Gasteiger partial charge in [-0.25, -0.2) is 0 Å². The van der Waals surface area contributed by atoms with Crippen LogP contribution < -0.4 is 9.47 Å². The van der Waals surface area contributed by atoms with Crippen LogP contribution >= 0.6 is 15.9 Å². The molecule has 2 rings (SSSR count). The van der Waals surface area contributed by atoms with Crippen LogP contribution in [-0.2, 0) is 0 Å². The van der Waals surface area contributed by atoms with Gasteiger partial charge in [-0.15, -0.1) is 0 Å². The van der Waals surface area contributed by atoms with Crippen LogP contribution in [0.2, 0.25) is 0 Å². The summed E-state index contributed by atoms with van der Waals surface area (Å²) in [6.07, 6.45) is 5.18. The smallest absolute Gasteiger partial charge is 0.161 e. The predicted molar refractivity (Wildman–Crippen MR) is 82.7 cm³/mol. The summed E-state index contributed by atoms with van der Waals surface area (Å²) in [5, 5.41) is 0. The highest BCUT2D eigenvalue weighted by molar-refractivity contribution is 9.09. The van der Waals surface area contributed by atoms with Gasteiger partial charge < -0.3 is 9.47 Å². The second-order valence-electron chi connectivity index (χ2n) is 4.98. The maximum Gasteiger partial charge on any atom is 0.161 e. The molecule has 0 amide bonds. The lowest BCUT2D eigenvalue weighted by Crippen LogP contribution is -2.17. The Balaban J connectivity index is 2.23. The molecule has 1 fully saturated rings. The summed E-state index contributed by atoms with van der Waals surface area (Å²) in [5.74, 6) is 2.34. The Kier molecular flexibility index (Phi) is 5.56. The van der Waals surface area contributed by atoms with Crippen LogP contribution in [0.15, 0.2) is 18.2 Å². The van der Waals surface area contributed by atoms with E-state index < -0.39 is 0 Å². The zero-order valence-electron chi connectivity index (χ0n) is 11.8. The minimum atomic E-state index is 0.591. The first-order chi connectivity index (χ1) is 9.26. The molecule has 1 saturated carbocycles. The third kappa shape index (κ3) is 3.65. The van der Waals surface area contributed by atoms with E-state index in [4.69, 9.17) is 9.47 Å². The average molecular weight is 327 g/mol. The van der Waals surface area contributed by atoms with Gasteiger partial charge in [0.25, 0.3) is 0 Å². The van der Waals surface area contributed by atoms with E-state index >= 15 is 0 Å². The molecule has 1 aromatic rings. The van der Waals surface area contributed by atoms with Crippen molar-refractivity contribution < 1.29 is 9.47 Å². The van der Waals surface area contributed by atoms with Crippen molar-refractivity contribution in [3.8, 4) is 11.5 Å². The quantitative estimate of drug-likeness (QED) is 0.716. The molecule has 0 spiro atoms. The van der Waals surface area contributed by atoms with Gasteiger partial charge in [-0.2, -0.15) is 0 Å². The van der Waals surface area contributed by atoms with Crippen LogP contribution in [0.1, 0.15) is 51.0 Å². The van der Waals surface area contributed by atoms with Crippen LogP contribution in [0.5, 0.6) is 11.5 Å². The summed E-state index contributed by atoms with van der Waals surface area (Å²) in [6, 6.07) is 6.41. The normalized spacial score (nSPS) is 23.1. The molecule has 0 N–H and O–H groups in total. The summed E-state index contributed by atoms with van der Waals surface area (Å²) in [7, 11) is 0. The van der Waals surface area contributed by atoms with Crippen LogP contribution in [0.4, 0.5) is 0 Å². The van der Waals surface area contributed by atoms with Gasteiger partial charge >= 0.3 is 0 Å². The van der Waals surface area contributed by atoms with Crippen molar-refractivity contribution in [1.29, 1.82) is 0 Å². The SMILES string of the molecule is CCOc1ccc(C2CCCCC2Br)cc1OCC. The lowest BCUT2D eigenvalue weighted by Gasteiger charge is -2.28. The van der Waals surface area contributed by atoms with Gasteiger partial charge in [-0.1, -0.05) is 34.8 Å². The summed E-state index contributed by atoms with van der Waals surface area (Å²) in [5.41, 5.74) is 1.37. The van der Waals surface area contributed by atoms with Crippen LogP contribution in [0.25, 0.3) is 0 Å². The third-order valence-electron chi connectivity index (χ3n) is 3.68. The first-order valence-electron chi connectivity index (χ1n) is 7.29. The second kappa shape index (κ2) is 7.18. The first kappa shape index (κ1) is 14.7. The first-order valence-corrected chi connectivity index (χ1v) is 8.21. The number of halogens is 1. The van der Waals surface area contributed by atoms with Gasteiger partial charge in [0, 0.05) is 4.83 Å². The zero-order valence-corrected chi connectivity index (χ0v) is 13.4. The van der Waals surface area contributed by atoms with E-state index in [-0.39, 0.29) is 0 Å². The number of hydrogen-bond donors (Lipinski definition) is 0. The topological polar surface area (TPSA) is 18.5 Å². The highest BCUT2D eigenvalue weighted by atomic mass is 79.9. The van der Waals surface area contributed by atoms with Gasteiger partial charge in [-0.3, -0.25) is 0 Å².